The van der Waals surface area contributed by atoms with Crippen LogP contribution in [0.5, 0.6) is 17.2 Å². The molecule has 0 aliphatic carbocycles. The van der Waals surface area contributed by atoms with E-state index in [1.54, 1.807) is 13.0 Å². The van der Waals surface area contributed by atoms with Gasteiger partial charge in [0.25, 0.3) is 5.91 Å². The molecule has 29 heavy (non-hydrogen) atoms. The summed E-state index contributed by atoms with van der Waals surface area (Å²) in [6.45, 7) is 4.79. The molecule has 2 N–H and O–H groups in total. The Hall–Kier alpha value is -2.51. The summed E-state index contributed by atoms with van der Waals surface area (Å²) in [7, 11) is 1.38. The Bertz CT molecular complexity index is 963. The van der Waals surface area contributed by atoms with Gasteiger partial charge in [0.1, 0.15) is 12.3 Å². The summed E-state index contributed by atoms with van der Waals surface area (Å²) >= 11 is 12.6. The van der Waals surface area contributed by atoms with Gasteiger partial charge in [-0.3, -0.25) is 9.59 Å². The van der Waals surface area contributed by atoms with E-state index in [-0.39, 0.29) is 38.8 Å². The maximum Gasteiger partial charge on any atom is 0.322 e. The standard InChI is InChI=1S/C20H20Cl2FNO5/c1-9(2)12-5-11(6-15(23)18(12)28-4)29-19-14(21)7-13(10(3)17(19)22)20(27)24-8-16(25)26/h5-7,9H,8H2,1-4H3,(H,24,27)(H,25,26). The van der Waals surface area contributed by atoms with Crippen LogP contribution < -0.4 is 14.8 Å². The molecule has 0 aliphatic heterocycles. The fraction of sp³-hybridized carbons (Fsp3) is 0.300. The van der Waals surface area contributed by atoms with Crippen LogP contribution in [0, 0.1) is 12.7 Å². The first kappa shape index (κ1) is 22.8. The monoisotopic (exact) mass is 443 g/mol. The van der Waals surface area contributed by atoms with Gasteiger partial charge in [-0.2, -0.15) is 0 Å². The van der Waals surface area contributed by atoms with Crippen molar-refractivity contribution < 1.29 is 28.6 Å². The quantitative estimate of drug-likeness (QED) is 0.615. The highest BCUT2D eigenvalue weighted by atomic mass is 35.5. The number of ether oxygens (including phenoxy) is 2. The van der Waals surface area contributed by atoms with Crippen molar-refractivity contribution in [2.75, 3.05) is 13.7 Å². The molecule has 2 aromatic rings. The summed E-state index contributed by atoms with van der Waals surface area (Å²) in [5, 5.41) is 11.0. The number of carbonyl (C=O) groups excluding carboxylic acids is 1. The molecule has 156 valence electrons. The Morgan fingerprint density at radius 2 is 1.86 bits per heavy atom. The summed E-state index contributed by atoms with van der Waals surface area (Å²) < 4.78 is 25.3. The molecule has 0 aromatic heterocycles. The van der Waals surface area contributed by atoms with Crippen molar-refractivity contribution in [3.63, 3.8) is 0 Å². The Balaban J connectivity index is 2.43. The first-order valence-corrected chi connectivity index (χ1v) is 9.36. The van der Waals surface area contributed by atoms with Gasteiger partial charge in [0, 0.05) is 17.2 Å². The van der Waals surface area contributed by atoms with Gasteiger partial charge < -0.3 is 19.9 Å². The molecule has 0 atom stereocenters. The van der Waals surface area contributed by atoms with Gasteiger partial charge in [-0.15, -0.1) is 0 Å². The largest absolute Gasteiger partial charge is 0.493 e. The topological polar surface area (TPSA) is 84.9 Å². The molecule has 0 aliphatic rings. The zero-order valence-corrected chi connectivity index (χ0v) is 17.7. The number of aliphatic carboxylic acids is 1. The highest BCUT2D eigenvalue weighted by Gasteiger charge is 2.21. The van der Waals surface area contributed by atoms with E-state index < -0.39 is 24.2 Å². The van der Waals surface area contributed by atoms with Gasteiger partial charge in [-0.1, -0.05) is 37.0 Å². The molecule has 2 aromatic carbocycles. The lowest BCUT2D eigenvalue weighted by molar-refractivity contribution is -0.135. The number of carboxylic acid groups (broad SMARTS) is 1. The molecule has 0 spiro atoms. The predicted octanol–water partition coefficient (Wildman–Crippen LogP) is 5.18. The molecular formula is C20H20Cl2FNO5. The molecule has 0 radical (unpaired) electrons. The molecule has 2 rings (SSSR count). The number of nitrogens with one attached hydrogen (secondary N) is 1. The van der Waals surface area contributed by atoms with Crippen LogP contribution in [0.1, 0.15) is 41.3 Å². The van der Waals surface area contributed by atoms with Crippen LogP contribution in [0.4, 0.5) is 4.39 Å². The Morgan fingerprint density at radius 3 is 2.41 bits per heavy atom. The van der Waals surface area contributed by atoms with Crippen LogP contribution >= 0.6 is 23.2 Å². The molecule has 0 fully saturated rings. The number of carbonyl (C=O) groups is 2. The Morgan fingerprint density at radius 1 is 1.21 bits per heavy atom. The molecule has 9 heteroatoms. The fourth-order valence-electron chi connectivity index (χ4n) is 2.68. The lowest BCUT2D eigenvalue weighted by Gasteiger charge is -2.17. The number of benzene rings is 2. The number of halogens is 3. The molecule has 0 saturated carbocycles. The highest BCUT2D eigenvalue weighted by molar-refractivity contribution is 6.38. The Labute approximate surface area is 177 Å². The minimum absolute atomic E-state index is 0.0170. The van der Waals surface area contributed by atoms with Gasteiger partial charge in [0.2, 0.25) is 0 Å². The summed E-state index contributed by atoms with van der Waals surface area (Å²) in [4.78, 5) is 22.8. The van der Waals surface area contributed by atoms with Gasteiger partial charge in [0.05, 0.1) is 17.2 Å². The van der Waals surface area contributed by atoms with Gasteiger partial charge in [0.15, 0.2) is 17.3 Å². The van der Waals surface area contributed by atoms with Crippen molar-refractivity contribution in [3.8, 4) is 17.2 Å². The molecule has 1 amide bonds. The number of amides is 1. The van der Waals surface area contributed by atoms with Crippen LogP contribution in [0.15, 0.2) is 18.2 Å². The van der Waals surface area contributed by atoms with Crippen LogP contribution in [0.25, 0.3) is 0 Å². The third-order valence-electron chi connectivity index (χ3n) is 4.16. The zero-order valence-electron chi connectivity index (χ0n) is 16.2. The highest BCUT2D eigenvalue weighted by Crippen LogP contribution is 2.42. The second-order valence-corrected chi connectivity index (χ2v) is 7.32. The minimum Gasteiger partial charge on any atom is -0.493 e. The number of methoxy groups -OCH3 is 1. The van der Waals surface area contributed by atoms with E-state index in [0.29, 0.717) is 11.1 Å². The number of hydrogen-bond acceptors (Lipinski definition) is 4. The van der Waals surface area contributed by atoms with Crippen molar-refractivity contribution in [1.82, 2.24) is 5.32 Å². The average Bonchev–Trinajstić information content (AvgIpc) is 2.65. The number of hydrogen-bond donors (Lipinski definition) is 2. The normalized spacial score (nSPS) is 10.8. The first-order chi connectivity index (χ1) is 13.6. The van der Waals surface area contributed by atoms with E-state index in [2.05, 4.69) is 5.32 Å². The molecule has 0 bridgehead atoms. The van der Waals surface area contributed by atoms with Crippen LogP contribution in [-0.4, -0.2) is 30.6 Å². The third-order valence-corrected chi connectivity index (χ3v) is 4.89. The maximum absolute atomic E-state index is 14.4. The van der Waals surface area contributed by atoms with Crippen LogP contribution in [0.2, 0.25) is 10.0 Å². The molecule has 0 saturated heterocycles. The predicted molar refractivity (Wildman–Crippen MR) is 108 cm³/mol. The summed E-state index contributed by atoms with van der Waals surface area (Å²) in [5.41, 5.74) is 1.06. The fourth-order valence-corrected chi connectivity index (χ4v) is 3.22. The summed E-state index contributed by atoms with van der Waals surface area (Å²) in [6, 6.07) is 4.10. The lowest BCUT2D eigenvalue weighted by Crippen LogP contribution is -2.29. The molecular weight excluding hydrogens is 424 g/mol. The van der Waals surface area contributed by atoms with Crippen molar-refractivity contribution >= 4 is 35.1 Å². The van der Waals surface area contributed by atoms with E-state index in [9.17, 15) is 14.0 Å². The maximum atomic E-state index is 14.4. The van der Waals surface area contributed by atoms with Gasteiger partial charge >= 0.3 is 5.97 Å². The van der Waals surface area contributed by atoms with Crippen molar-refractivity contribution in [1.29, 1.82) is 0 Å². The smallest absolute Gasteiger partial charge is 0.322 e. The van der Waals surface area contributed by atoms with Gasteiger partial charge in [-0.25, -0.2) is 4.39 Å². The lowest BCUT2D eigenvalue weighted by atomic mass is 10.0. The second-order valence-electron chi connectivity index (χ2n) is 6.53. The molecule has 0 heterocycles. The van der Waals surface area contributed by atoms with E-state index in [0.717, 1.165) is 6.07 Å². The summed E-state index contributed by atoms with van der Waals surface area (Å²) in [6.07, 6.45) is 0. The summed E-state index contributed by atoms with van der Waals surface area (Å²) in [5.74, 6) is -2.10. The van der Waals surface area contributed by atoms with Crippen LogP contribution in [-0.2, 0) is 4.79 Å². The third kappa shape index (κ3) is 5.10. The number of carboxylic acids is 1. The average molecular weight is 444 g/mol. The SMILES string of the molecule is COc1c(F)cc(Oc2c(Cl)cc(C(=O)NCC(=O)O)c(C)c2Cl)cc1C(C)C. The first-order valence-electron chi connectivity index (χ1n) is 8.60. The zero-order chi connectivity index (χ0) is 21.9. The number of rotatable bonds is 7. The van der Waals surface area contributed by atoms with Crippen molar-refractivity contribution in [3.05, 3.63) is 50.8 Å². The molecule has 0 unspecified atom stereocenters. The van der Waals surface area contributed by atoms with Crippen molar-refractivity contribution in [2.45, 2.75) is 26.7 Å². The minimum atomic E-state index is -1.18. The van der Waals surface area contributed by atoms with Crippen LogP contribution in [0.3, 0.4) is 0 Å². The Kier molecular flexibility index (Phi) is 7.32. The van der Waals surface area contributed by atoms with Crippen molar-refractivity contribution in [2.24, 2.45) is 0 Å². The van der Waals surface area contributed by atoms with E-state index in [1.165, 1.54) is 13.2 Å². The van der Waals surface area contributed by atoms with E-state index >= 15 is 0 Å². The second kappa shape index (κ2) is 9.33. The molecule has 6 nitrogen and oxygen atoms in total. The van der Waals surface area contributed by atoms with Gasteiger partial charge in [-0.05, 0) is 30.5 Å². The van der Waals surface area contributed by atoms with E-state index in [4.69, 9.17) is 37.8 Å². The van der Waals surface area contributed by atoms with E-state index in [1.807, 2.05) is 13.8 Å².